The number of ether oxygens (including phenoxy) is 1. The average Bonchev–Trinajstić information content (AvgIpc) is 3.22. The molecular formula is C16H25NO2. The highest BCUT2D eigenvalue weighted by Crippen LogP contribution is 2.41. The van der Waals surface area contributed by atoms with Crippen molar-refractivity contribution in [1.29, 1.82) is 0 Å². The molecule has 0 bridgehead atoms. The lowest BCUT2D eigenvalue weighted by Gasteiger charge is -2.25. The van der Waals surface area contributed by atoms with Gasteiger partial charge in [-0.2, -0.15) is 0 Å². The fourth-order valence-corrected chi connectivity index (χ4v) is 2.53. The maximum absolute atomic E-state index is 9.14. The van der Waals surface area contributed by atoms with Gasteiger partial charge in [0.05, 0.1) is 6.61 Å². The highest BCUT2D eigenvalue weighted by Gasteiger charge is 2.33. The highest BCUT2D eigenvalue weighted by atomic mass is 16.5. The first-order valence-electron chi connectivity index (χ1n) is 7.17. The van der Waals surface area contributed by atoms with Crippen molar-refractivity contribution >= 4 is 0 Å². The molecule has 1 aliphatic carbocycles. The minimum absolute atomic E-state index is 0.201. The van der Waals surface area contributed by atoms with Gasteiger partial charge in [0.15, 0.2) is 0 Å². The molecule has 0 radical (unpaired) electrons. The number of hydrogen-bond acceptors (Lipinski definition) is 3. The average molecular weight is 263 g/mol. The van der Waals surface area contributed by atoms with Crippen LogP contribution >= 0.6 is 0 Å². The van der Waals surface area contributed by atoms with Crippen LogP contribution in [0.1, 0.15) is 36.4 Å². The van der Waals surface area contributed by atoms with Crippen LogP contribution in [0.2, 0.25) is 0 Å². The molecule has 3 heteroatoms. The fourth-order valence-electron chi connectivity index (χ4n) is 2.53. The van der Waals surface area contributed by atoms with E-state index in [1.165, 1.54) is 24.0 Å². The Labute approximate surface area is 116 Å². The van der Waals surface area contributed by atoms with Gasteiger partial charge in [-0.1, -0.05) is 29.8 Å². The Morgan fingerprint density at radius 3 is 2.53 bits per heavy atom. The number of benzene rings is 1. The molecule has 1 aromatic carbocycles. The number of aliphatic hydroxyl groups is 1. The summed E-state index contributed by atoms with van der Waals surface area (Å²) >= 11 is 0. The minimum Gasteiger partial charge on any atom is -0.396 e. The molecule has 0 aromatic heterocycles. The van der Waals surface area contributed by atoms with Gasteiger partial charge < -0.3 is 15.2 Å². The van der Waals surface area contributed by atoms with Crippen molar-refractivity contribution in [2.45, 2.75) is 38.3 Å². The molecule has 1 aromatic rings. The summed E-state index contributed by atoms with van der Waals surface area (Å²) in [5.74, 6) is 0.737. The quantitative estimate of drug-likeness (QED) is 0.757. The lowest BCUT2D eigenvalue weighted by atomic mass is 9.99. The van der Waals surface area contributed by atoms with Crippen LogP contribution in [0.25, 0.3) is 0 Å². The first-order chi connectivity index (χ1) is 9.24. The maximum atomic E-state index is 9.14. The molecular weight excluding hydrogens is 238 g/mol. The van der Waals surface area contributed by atoms with Crippen molar-refractivity contribution in [2.75, 3.05) is 20.3 Å². The molecule has 2 rings (SSSR count). The largest absolute Gasteiger partial charge is 0.396 e. The highest BCUT2D eigenvalue weighted by molar-refractivity contribution is 5.25. The van der Waals surface area contributed by atoms with Gasteiger partial charge >= 0.3 is 0 Å². The van der Waals surface area contributed by atoms with E-state index in [9.17, 15) is 0 Å². The third-order valence-electron chi connectivity index (χ3n) is 3.79. The van der Waals surface area contributed by atoms with Crippen LogP contribution in [0.3, 0.4) is 0 Å². The molecule has 1 aliphatic rings. The Morgan fingerprint density at radius 2 is 2.00 bits per heavy atom. The van der Waals surface area contributed by atoms with Gasteiger partial charge in [-0.3, -0.25) is 0 Å². The standard InChI is InChI=1S/C16H25NO2/c1-12-3-5-13(6-4-12)16(14-7-8-14)17-15(9-10-18)11-19-2/h3-6,14-18H,7-11H2,1-2H3. The third kappa shape index (κ3) is 4.30. The van der Waals surface area contributed by atoms with Crippen LogP contribution in [0.15, 0.2) is 24.3 Å². The monoisotopic (exact) mass is 263 g/mol. The summed E-state index contributed by atoms with van der Waals surface area (Å²) in [6.07, 6.45) is 3.33. The van der Waals surface area contributed by atoms with E-state index < -0.39 is 0 Å². The molecule has 1 fully saturated rings. The zero-order chi connectivity index (χ0) is 13.7. The summed E-state index contributed by atoms with van der Waals surface area (Å²) in [5.41, 5.74) is 2.65. The predicted octanol–water partition coefficient (Wildman–Crippen LogP) is 2.43. The van der Waals surface area contributed by atoms with Crippen LogP contribution in [-0.4, -0.2) is 31.5 Å². The molecule has 3 nitrogen and oxygen atoms in total. The molecule has 0 aliphatic heterocycles. The molecule has 2 atom stereocenters. The van der Waals surface area contributed by atoms with Gasteiger partial charge in [-0.05, 0) is 37.7 Å². The number of aryl methyl sites for hydroxylation is 1. The molecule has 1 saturated carbocycles. The van der Waals surface area contributed by atoms with Gasteiger partial charge in [-0.25, -0.2) is 0 Å². The Morgan fingerprint density at radius 1 is 1.32 bits per heavy atom. The molecule has 0 heterocycles. The fraction of sp³-hybridized carbons (Fsp3) is 0.625. The molecule has 106 valence electrons. The van der Waals surface area contributed by atoms with E-state index in [4.69, 9.17) is 9.84 Å². The number of methoxy groups -OCH3 is 1. The smallest absolute Gasteiger partial charge is 0.0616 e. The molecule has 19 heavy (non-hydrogen) atoms. The van der Waals surface area contributed by atoms with E-state index in [0.29, 0.717) is 12.6 Å². The van der Waals surface area contributed by atoms with Crippen molar-refractivity contribution in [2.24, 2.45) is 5.92 Å². The van der Waals surface area contributed by atoms with E-state index in [0.717, 1.165) is 12.3 Å². The first-order valence-corrected chi connectivity index (χ1v) is 7.17. The number of rotatable bonds is 8. The molecule has 0 spiro atoms. The Balaban J connectivity index is 2.04. The number of aliphatic hydroxyl groups excluding tert-OH is 1. The zero-order valence-corrected chi connectivity index (χ0v) is 11.9. The SMILES string of the molecule is COCC(CCO)NC(c1ccc(C)cc1)C1CC1. The van der Waals surface area contributed by atoms with Gasteiger partial charge in [0.25, 0.3) is 0 Å². The van der Waals surface area contributed by atoms with E-state index >= 15 is 0 Å². The summed E-state index contributed by atoms with van der Waals surface area (Å²) in [4.78, 5) is 0. The first kappa shape index (κ1) is 14.5. The molecule has 0 saturated heterocycles. The summed E-state index contributed by atoms with van der Waals surface area (Å²) in [6.45, 7) is 2.96. The van der Waals surface area contributed by atoms with Gasteiger partial charge in [0, 0.05) is 25.8 Å². The Bertz CT molecular complexity index is 367. The second-order valence-electron chi connectivity index (χ2n) is 5.56. The third-order valence-corrected chi connectivity index (χ3v) is 3.79. The summed E-state index contributed by atoms with van der Waals surface area (Å²) in [7, 11) is 1.71. The summed E-state index contributed by atoms with van der Waals surface area (Å²) in [5, 5.41) is 12.8. The van der Waals surface area contributed by atoms with Crippen LogP contribution in [0.4, 0.5) is 0 Å². The lowest BCUT2D eigenvalue weighted by molar-refractivity contribution is 0.140. The van der Waals surface area contributed by atoms with Crippen LogP contribution < -0.4 is 5.32 Å². The second kappa shape index (κ2) is 7.04. The number of hydrogen-bond donors (Lipinski definition) is 2. The van der Waals surface area contributed by atoms with Crippen molar-refractivity contribution in [3.05, 3.63) is 35.4 Å². The van der Waals surface area contributed by atoms with Crippen LogP contribution in [-0.2, 0) is 4.74 Å². The van der Waals surface area contributed by atoms with E-state index in [1.807, 2.05) is 0 Å². The van der Waals surface area contributed by atoms with Gasteiger partial charge in [0.1, 0.15) is 0 Å². The predicted molar refractivity (Wildman–Crippen MR) is 77.1 cm³/mol. The summed E-state index contributed by atoms with van der Waals surface area (Å²) in [6, 6.07) is 9.39. The molecule has 2 unspecified atom stereocenters. The van der Waals surface area contributed by atoms with E-state index in [1.54, 1.807) is 7.11 Å². The van der Waals surface area contributed by atoms with Crippen LogP contribution in [0.5, 0.6) is 0 Å². The summed E-state index contributed by atoms with van der Waals surface area (Å²) < 4.78 is 5.24. The van der Waals surface area contributed by atoms with Crippen molar-refractivity contribution in [3.63, 3.8) is 0 Å². The van der Waals surface area contributed by atoms with Crippen molar-refractivity contribution < 1.29 is 9.84 Å². The number of nitrogens with one attached hydrogen (secondary N) is 1. The second-order valence-corrected chi connectivity index (χ2v) is 5.56. The van der Waals surface area contributed by atoms with Crippen molar-refractivity contribution in [1.82, 2.24) is 5.32 Å². The molecule has 2 N–H and O–H groups in total. The normalized spacial score (nSPS) is 18.3. The zero-order valence-electron chi connectivity index (χ0n) is 11.9. The van der Waals surface area contributed by atoms with Gasteiger partial charge in [-0.15, -0.1) is 0 Å². The minimum atomic E-state index is 0.201. The van der Waals surface area contributed by atoms with Gasteiger partial charge in [0.2, 0.25) is 0 Å². The Kier molecular flexibility index (Phi) is 5.37. The topological polar surface area (TPSA) is 41.5 Å². The van der Waals surface area contributed by atoms with Crippen molar-refractivity contribution in [3.8, 4) is 0 Å². The Hall–Kier alpha value is -0.900. The van der Waals surface area contributed by atoms with E-state index in [2.05, 4.69) is 36.5 Å². The molecule has 0 amide bonds. The lowest BCUT2D eigenvalue weighted by Crippen LogP contribution is -2.38. The maximum Gasteiger partial charge on any atom is 0.0616 e. The van der Waals surface area contributed by atoms with E-state index in [-0.39, 0.29) is 12.6 Å². The van der Waals surface area contributed by atoms with Crippen LogP contribution in [0, 0.1) is 12.8 Å².